The lowest BCUT2D eigenvalue weighted by molar-refractivity contribution is -0.129. The Morgan fingerprint density at radius 3 is 2.79 bits per heavy atom. The number of carbonyl (C=O) groups excluding carboxylic acids is 1. The van der Waals surface area contributed by atoms with Gasteiger partial charge in [-0.3, -0.25) is 4.79 Å². The molecule has 0 radical (unpaired) electrons. The molecule has 2 heterocycles. The number of rotatable bonds is 7. The minimum Gasteiger partial charge on any atom is -0.477 e. The molecule has 2 rings (SSSR count). The first-order valence-electron chi connectivity index (χ1n) is 7.59. The molecular formula is C18H20N2O3S. The minimum atomic E-state index is -1.04. The predicted molar refractivity (Wildman–Crippen MR) is 97.3 cm³/mol. The molecule has 0 saturated carbocycles. The van der Waals surface area contributed by atoms with Crippen molar-refractivity contribution < 1.29 is 14.7 Å². The Kier molecular flexibility index (Phi) is 5.76. The van der Waals surface area contributed by atoms with Gasteiger partial charge in [0.2, 0.25) is 5.91 Å². The third-order valence-electron chi connectivity index (χ3n) is 3.66. The molecule has 0 bridgehead atoms. The number of aromatic nitrogens is 1. The standard InChI is InChI=1S/C18H20N2O3S/c1-4-7-8-13(5-2)19(6-3)17(21)12-20-14-9-10-24-16(14)11-15(20)18(22)23/h4-5,7-11H,1,6,12H2,2-3H3,(H,22,23)/b8-7-,13-5+. The van der Waals surface area contributed by atoms with E-state index in [4.69, 9.17) is 0 Å². The number of carboxylic acids is 1. The molecule has 0 aliphatic rings. The van der Waals surface area contributed by atoms with Gasteiger partial charge in [0.1, 0.15) is 12.2 Å². The second-order valence-electron chi connectivity index (χ2n) is 5.04. The fourth-order valence-corrected chi connectivity index (χ4v) is 3.38. The molecule has 24 heavy (non-hydrogen) atoms. The summed E-state index contributed by atoms with van der Waals surface area (Å²) < 4.78 is 2.42. The first kappa shape index (κ1) is 17.7. The van der Waals surface area contributed by atoms with E-state index in [9.17, 15) is 14.7 Å². The van der Waals surface area contributed by atoms with Crippen LogP contribution >= 0.6 is 11.3 Å². The van der Waals surface area contributed by atoms with Crippen LogP contribution in [0.5, 0.6) is 0 Å². The number of thiophene rings is 1. The summed E-state index contributed by atoms with van der Waals surface area (Å²) >= 11 is 1.46. The van der Waals surface area contributed by atoms with E-state index in [1.54, 1.807) is 27.7 Å². The van der Waals surface area contributed by atoms with Gasteiger partial charge in [0.25, 0.3) is 0 Å². The smallest absolute Gasteiger partial charge is 0.352 e. The second kappa shape index (κ2) is 7.79. The van der Waals surface area contributed by atoms with Crippen LogP contribution in [0, 0.1) is 0 Å². The monoisotopic (exact) mass is 344 g/mol. The summed E-state index contributed by atoms with van der Waals surface area (Å²) in [7, 11) is 0. The van der Waals surface area contributed by atoms with Crippen molar-refractivity contribution in [2.24, 2.45) is 0 Å². The minimum absolute atomic E-state index is 0.0189. The van der Waals surface area contributed by atoms with Gasteiger partial charge in [-0.1, -0.05) is 24.8 Å². The molecule has 2 aromatic rings. The maximum Gasteiger partial charge on any atom is 0.352 e. The molecular weight excluding hydrogens is 324 g/mol. The zero-order valence-electron chi connectivity index (χ0n) is 13.7. The Bertz CT molecular complexity index is 827. The van der Waals surface area contributed by atoms with Gasteiger partial charge in [0.15, 0.2) is 0 Å². The Hall–Kier alpha value is -2.60. The zero-order chi connectivity index (χ0) is 17.7. The molecule has 0 aliphatic carbocycles. The summed E-state index contributed by atoms with van der Waals surface area (Å²) in [5, 5.41) is 11.3. The van der Waals surface area contributed by atoms with Crippen LogP contribution in [0.25, 0.3) is 10.2 Å². The first-order valence-corrected chi connectivity index (χ1v) is 8.47. The largest absolute Gasteiger partial charge is 0.477 e. The lowest BCUT2D eigenvalue weighted by Gasteiger charge is -2.23. The van der Waals surface area contributed by atoms with Gasteiger partial charge < -0.3 is 14.6 Å². The maximum absolute atomic E-state index is 12.8. The van der Waals surface area contributed by atoms with E-state index < -0.39 is 5.97 Å². The average Bonchev–Trinajstić information content (AvgIpc) is 3.13. The summed E-state index contributed by atoms with van der Waals surface area (Å²) in [6, 6.07) is 3.45. The van der Waals surface area contributed by atoms with Crippen LogP contribution in [0.3, 0.4) is 0 Å². The van der Waals surface area contributed by atoms with Gasteiger partial charge in [-0.05, 0) is 37.4 Å². The lowest BCUT2D eigenvalue weighted by atomic mass is 10.3. The molecule has 0 spiro atoms. The van der Waals surface area contributed by atoms with Crippen molar-refractivity contribution in [3.8, 4) is 0 Å². The number of hydrogen-bond acceptors (Lipinski definition) is 3. The van der Waals surface area contributed by atoms with E-state index in [1.165, 1.54) is 11.3 Å². The molecule has 0 unspecified atom stereocenters. The molecule has 6 heteroatoms. The van der Waals surface area contributed by atoms with Gasteiger partial charge in [-0.25, -0.2) is 4.79 Å². The van der Waals surface area contributed by atoms with Gasteiger partial charge in [0, 0.05) is 12.2 Å². The first-order chi connectivity index (χ1) is 11.5. The molecule has 0 aliphatic heterocycles. The quantitative estimate of drug-likeness (QED) is 0.775. The molecule has 0 fully saturated rings. The van der Waals surface area contributed by atoms with E-state index in [0.717, 1.165) is 15.9 Å². The SMILES string of the molecule is C=C/C=C\C(=C/C)N(CC)C(=O)Cn1c(C(=O)O)cc2sccc21. The molecule has 5 nitrogen and oxygen atoms in total. The van der Waals surface area contributed by atoms with Crippen molar-refractivity contribution in [2.45, 2.75) is 20.4 Å². The number of hydrogen-bond donors (Lipinski definition) is 1. The number of fused-ring (bicyclic) bond motifs is 1. The van der Waals surface area contributed by atoms with Crippen LogP contribution in [-0.2, 0) is 11.3 Å². The van der Waals surface area contributed by atoms with Crippen LogP contribution in [0.4, 0.5) is 0 Å². The van der Waals surface area contributed by atoms with Crippen molar-refractivity contribution in [3.63, 3.8) is 0 Å². The van der Waals surface area contributed by atoms with E-state index >= 15 is 0 Å². The van der Waals surface area contributed by atoms with Crippen LogP contribution in [-0.4, -0.2) is 33.0 Å². The third-order valence-corrected chi connectivity index (χ3v) is 4.52. The van der Waals surface area contributed by atoms with Crippen LogP contribution in [0.2, 0.25) is 0 Å². The van der Waals surface area contributed by atoms with Crippen molar-refractivity contribution in [3.05, 3.63) is 59.8 Å². The predicted octanol–water partition coefficient (Wildman–Crippen LogP) is 3.90. The molecule has 1 N–H and O–H groups in total. The summed E-state index contributed by atoms with van der Waals surface area (Å²) in [5.74, 6) is -1.20. The van der Waals surface area contributed by atoms with Crippen LogP contribution in [0.15, 0.2) is 54.1 Å². The van der Waals surface area contributed by atoms with Crippen molar-refractivity contribution >= 4 is 33.4 Å². The Morgan fingerprint density at radius 2 is 2.21 bits per heavy atom. The number of aromatic carboxylic acids is 1. The normalized spacial score (nSPS) is 12.0. The lowest BCUT2D eigenvalue weighted by Crippen LogP contribution is -2.33. The van der Waals surface area contributed by atoms with Gasteiger partial charge in [0.05, 0.1) is 10.2 Å². The molecule has 0 saturated heterocycles. The average molecular weight is 344 g/mol. The van der Waals surface area contributed by atoms with Crippen molar-refractivity contribution in [2.75, 3.05) is 6.54 Å². The molecule has 0 aromatic carbocycles. The molecule has 1 amide bonds. The summed E-state index contributed by atoms with van der Waals surface area (Å²) in [6.45, 7) is 7.85. The highest BCUT2D eigenvalue weighted by Gasteiger charge is 2.21. The number of carboxylic acid groups (broad SMARTS) is 1. The number of nitrogens with zero attached hydrogens (tertiary/aromatic N) is 2. The fraction of sp³-hybridized carbons (Fsp3) is 0.222. The number of amides is 1. The third kappa shape index (κ3) is 3.49. The second-order valence-corrected chi connectivity index (χ2v) is 5.99. The van der Waals surface area contributed by atoms with Gasteiger partial charge >= 0.3 is 5.97 Å². The fourth-order valence-electron chi connectivity index (χ4n) is 2.56. The van der Waals surface area contributed by atoms with E-state index in [0.29, 0.717) is 6.54 Å². The highest BCUT2D eigenvalue weighted by molar-refractivity contribution is 7.17. The number of carbonyl (C=O) groups is 2. The summed E-state index contributed by atoms with van der Waals surface area (Å²) in [5.41, 5.74) is 1.66. The topological polar surface area (TPSA) is 62.5 Å². The number of likely N-dealkylation sites (N-methyl/N-ethyl adjacent to an activating group) is 1. The highest BCUT2D eigenvalue weighted by atomic mass is 32.1. The van der Waals surface area contributed by atoms with Crippen molar-refractivity contribution in [1.29, 1.82) is 0 Å². The maximum atomic E-state index is 12.8. The van der Waals surface area contributed by atoms with Gasteiger partial charge in [-0.2, -0.15) is 0 Å². The molecule has 2 aromatic heterocycles. The number of allylic oxidation sites excluding steroid dienone is 4. The summed E-state index contributed by atoms with van der Waals surface area (Å²) in [4.78, 5) is 25.9. The Balaban J connectivity index is 2.35. The van der Waals surface area contributed by atoms with Gasteiger partial charge in [-0.15, -0.1) is 11.3 Å². The Labute approximate surface area is 144 Å². The van der Waals surface area contributed by atoms with E-state index in [-0.39, 0.29) is 18.1 Å². The van der Waals surface area contributed by atoms with Crippen LogP contribution < -0.4 is 0 Å². The van der Waals surface area contributed by atoms with Crippen LogP contribution in [0.1, 0.15) is 24.3 Å². The zero-order valence-corrected chi connectivity index (χ0v) is 14.5. The summed E-state index contributed by atoms with van der Waals surface area (Å²) in [6.07, 6.45) is 7.06. The van der Waals surface area contributed by atoms with E-state index in [2.05, 4.69) is 6.58 Å². The molecule has 126 valence electrons. The van der Waals surface area contributed by atoms with E-state index in [1.807, 2.05) is 37.4 Å². The molecule has 0 atom stereocenters. The van der Waals surface area contributed by atoms with Crippen molar-refractivity contribution in [1.82, 2.24) is 9.47 Å². The Morgan fingerprint density at radius 1 is 1.46 bits per heavy atom. The highest BCUT2D eigenvalue weighted by Crippen LogP contribution is 2.25.